The highest BCUT2D eigenvalue weighted by Crippen LogP contribution is 2.22. The molecule has 0 aliphatic carbocycles. The summed E-state index contributed by atoms with van der Waals surface area (Å²) >= 11 is 7.01. The van der Waals surface area contributed by atoms with Crippen LogP contribution in [-0.2, 0) is 6.67 Å². The molecular weight excluding hydrogens is 384 g/mol. The number of aromatic amines is 1. The Morgan fingerprint density at radius 3 is 2.56 bits per heavy atom. The number of anilines is 1. The molecule has 27 heavy (non-hydrogen) atoms. The molecule has 1 aliphatic rings. The Balaban J connectivity index is 1.37. The number of aromatic nitrogens is 3. The zero-order chi connectivity index (χ0) is 18.8. The second-order valence-corrected chi connectivity index (χ2v) is 7.59. The first-order valence-corrected chi connectivity index (χ1v) is 9.81. The molecule has 3 heterocycles. The average Bonchev–Trinajstić information content (AvgIpc) is 3.33. The fraction of sp³-hybridized carbons (Fsp3) is 0.294. The minimum absolute atomic E-state index is 0.118. The van der Waals surface area contributed by atoms with Crippen molar-refractivity contribution < 1.29 is 4.92 Å². The summed E-state index contributed by atoms with van der Waals surface area (Å²) in [6.07, 6.45) is 0. The molecule has 0 radical (unpaired) electrons. The van der Waals surface area contributed by atoms with Gasteiger partial charge in [0.25, 0.3) is 5.69 Å². The van der Waals surface area contributed by atoms with Crippen molar-refractivity contribution >= 4 is 34.9 Å². The minimum Gasteiger partial charge on any atom is -0.369 e. The van der Waals surface area contributed by atoms with Crippen molar-refractivity contribution in [3.05, 3.63) is 56.7 Å². The van der Waals surface area contributed by atoms with Crippen molar-refractivity contribution in [2.75, 3.05) is 31.1 Å². The molecule has 1 fully saturated rings. The molecule has 0 spiro atoms. The number of hydrogen-bond donors (Lipinski definition) is 1. The molecule has 1 aromatic carbocycles. The summed E-state index contributed by atoms with van der Waals surface area (Å²) in [4.78, 5) is 20.5. The lowest BCUT2D eigenvalue weighted by atomic mass is 10.2. The number of nitrogens with one attached hydrogen (secondary N) is 1. The van der Waals surface area contributed by atoms with Crippen molar-refractivity contribution in [1.82, 2.24) is 19.7 Å². The molecule has 8 nitrogen and oxygen atoms in total. The second kappa shape index (κ2) is 7.59. The van der Waals surface area contributed by atoms with Crippen LogP contribution in [0.5, 0.6) is 0 Å². The molecule has 4 rings (SSSR count). The van der Waals surface area contributed by atoms with Gasteiger partial charge < -0.3 is 4.90 Å². The lowest BCUT2D eigenvalue weighted by molar-refractivity contribution is -0.384. The molecule has 1 aliphatic heterocycles. The summed E-state index contributed by atoms with van der Waals surface area (Å²) in [5.74, 6) is 0.805. The van der Waals surface area contributed by atoms with Crippen LogP contribution < -0.4 is 4.90 Å². The van der Waals surface area contributed by atoms with Crippen LogP contribution in [0, 0.1) is 14.9 Å². The SMILES string of the molecule is O=[N+]([O-])c1ccc(N2CCN(Cn3[nH]c(-c4cccs4)nc3=S)CC2)cc1. The largest absolute Gasteiger partial charge is 0.369 e. The molecule has 2 aromatic heterocycles. The summed E-state index contributed by atoms with van der Waals surface area (Å²) < 4.78 is 2.45. The number of nitrogens with zero attached hydrogens (tertiary/aromatic N) is 5. The van der Waals surface area contributed by atoms with Crippen LogP contribution >= 0.6 is 23.6 Å². The van der Waals surface area contributed by atoms with Gasteiger partial charge in [0.05, 0.1) is 16.5 Å². The molecule has 140 valence electrons. The lowest BCUT2D eigenvalue weighted by Gasteiger charge is -2.35. The van der Waals surface area contributed by atoms with Gasteiger partial charge in [-0.25, -0.2) is 4.68 Å². The van der Waals surface area contributed by atoms with Crippen LogP contribution in [0.1, 0.15) is 0 Å². The fourth-order valence-corrected chi connectivity index (χ4v) is 3.97. The van der Waals surface area contributed by atoms with Crippen LogP contribution in [-0.4, -0.2) is 50.8 Å². The van der Waals surface area contributed by atoms with E-state index in [2.05, 4.69) is 19.9 Å². The van der Waals surface area contributed by atoms with Crippen molar-refractivity contribution in [3.8, 4) is 10.7 Å². The maximum Gasteiger partial charge on any atom is 0.269 e. The van der Waals surface area contributed by atoms with E-state index >= 15 is 0 Å². The van der Waals surface area contributed by atoms with Crippen LogP contribution in [0.25, 0.3) is 10.7 Å². The first kappa shape index (κ1) is 17.8. The molecule has 0 amide bonds. The predicted octanol–water partition coefficient (Wildman–Crippen LogP) is 3.36. The standard InChI is InChI=1S/C17H18N6O2S2/c24-23(25)14-5-3-13(4-6-14)21-9-7-20(8-10-21)12-22-17(26)18-16(19-22)15-2-1-11-27-15/h1-6,11H,7-10,12H2,(H,18,19,26). The van der Waals surface area contributed by atoms with Gasteiger partial charge in [0, 0.05) is 44.0 Å². The Morgan fingerprint density at radius 1 is 1.19 bits per heavy atom. The lowest BCUT2D eigenvalue weighted by Crippen LogP contribution is -2.46. The average molecular weight is 403 g/mol. The highest BCUT2D eigenvalue weighted by Gasteiger charge is 2.19. The molecule has 1 saturated heterocycles. The third-order valence-electron chi connectivity index (χ3n) is 4.57. The summed E-state index contributed by atoms with van der Waals surface area (Å²) in [7, 11) is 0. The number of rotatable bonds is 5. The molecule has 0 unspecified atom stereocenters. The Morgan fingerprint density at radius 2 is 1.93 bits per heavy atom. The Kier molecular flexibility index (Phi) is 5.01. The quantitative estimate of drug-likeness (QED) is 0.400. The topological polar surface area (TPSA) is 83.2 Å². The zero-order valence-corrected chi connectivity index (χ0v) is 16.1. The van der Waals surface area contributed by atoms with Gasteiger partial charge in [0.1, 0.15) is 0 Å². The van der Waals surface area contributed by atoms with Gasteiger partial charge in [-0.1, -0.05) is 6.07 Å². The molecule has 0 atom stereocenters. The second-order valence-electron chi connectivity index (χ2n) is 6.28. The number of nitro benzene ring substituents is 1. The Hall–Kier alpha value is -2.56. The zero-order valence-electron chi connectivity index (χ0n) is 14.4. The Labute approximate surface area is 164 Å². The summed E-state index contributed by atoms with van der Waals surface area (Å²) in [6.45, 7) is 4.15. The van der Waals surface area contributed by atoms with Gasteiger partial charge in [0.15, 0.2) is 5.82 Å². The monoisotopic (exact) mass is 402 g/mol. The molecule has 1 N–H and O–H groups in total. The van der Waals surface area contributed by atoms with Gasteiger partial charge in [-0.2, -0.15) is 4.98 Å². The number of H-pyrrole nitrogens is 1. The van der Waals surface area contributed by atoms with Crippen molar-refractivity contribution in [2.45, 2.75) is 6.67 Å². The van der Waals surface area contributed by atoms with Gasteiger partial charge in [-0.05, 0) is 35.8 Å². The van der Waals surface area contributed by atoms with Crippen molar-refractivity contribution in [1.29, 1.82) is 0 Å². The first-order valence-electron chi connectivity index (χ1n) is 8.52. The molecular formula is C17H18N6O2S2. The minimum atomic E-state index is -0.375. The van der Waals surface area contributed by atoms with E-state index in [4.69, 9.17) is 12.2 Å². The number of benzene rings is 1. The molecule has 0 saturated carbocycles. The fourth-order valence-electron chi connectivity index (χ4n) is 3.11. The highest BCUT2D eigenvalue weighted by molar-refractivity contribution is 7.71. The van der Waals surface area contributed by atoms with E-state index in [0.29, 0.717) is 11.4 Å². The maximum absolute atomic E-state index is 10.8. The molecule has 3 aromatic rings. The highest BCUT2D eigenvalue weighted by atomic mass is 32.1. The van der Waals surface area contributed by atoms with E-state index < -0.39 is 0 Å². The van der Waals surface area contributed by atoms with E-state index in [0.717, 1.165) is 42.6 Å². The summed E-state index contributed by atoms with van der Waals surface area (Å²) in [6, 6.07) is 10.7. The van der Waals surface area contributed by atoms with Gasteiger partial charge >= 0.3 is 0 Å². The number of thiophene rings is 1. The van der Waals surface area contributed by atoms with E-state index in [1.54, 1.807) is 23.5 Å². The third-order valence-corrected chi connectivity index (χ3v) is 5.76. The number of nitro groups is 1. The van der Waals surface area contributed by atoms with Gasteiger partial charge in [-0.15, -0.1) is 11.3 Å². The number of hydrogen-bond acceptors (Lipinski definition) is 7. The summed E-state index contributed by atoms with van der Waals surface area (Å²) in [5, 5.41) is 16.1. The van der Waals surface area contributed by atoms with Crippen LogP contribution in [0.15, 0.2) is 41.8 Å². The van der Waals surface area contributed by atoms with E-state index in [1.807, 2.05) is 34.3 Å². The van der Waals surface area contributed by atoms with E-state index in [9.17, 15) is 10.1 Å². The van der Waals surface area contributed by atoms with Crippen LogP contribution in [0.4, 0.5) is 11.4 Å². The van der Waals surface area contributed by atoms with Gasteiger partial charge in [0.2, 0.25) is 4.77 Å². The number of piperazine rings is 1. The van der Waals surface area contributed by atoms with E-state index in [-0.39, 0.29) is 10.6 Å². The summed E-state index contributed by atoms with van der Waals surface area (Å²) in [5.41, 5.74) is 1.13. The van der Waals surface area contributed by atoms with Crippen LogP contribution in [0.3, 0.4) is 0 Å². The molecule has 10 heteroatoms. The van der Waals surface area contributed by atoms with Crippen molar-refractivity contribution in [2.24, 2.45) is 0 Å². The first-order chi connectivity index (χ1) is 13.1. The van der Waals surface area contributed by atoms with E-state index in [1.165, 1.54) is 0 Å². The molecule has 0 bridgehead atoms. The maximum atomic E-state index is 10.8. The third kappa shape index (κ3) is 3.92. The number of non-ortho nitro benzene ring substituents is 1. The van der Waals surface area contributed by atoms with Crippen LogP contribution in [0.2, 0.25) is 0 Å². The smallest absolute Gasteiger partial charge is 0.269 e. The predicted molar refractivity (Wildman–Crippen MR) is 108 cm³/mol. The Bertz CT molecular complexity index is 972. The normalized spacial score (nSPS) is 15.2. The van der Waals surface area contributed by atoms with Gasteiger partial charge in [-0.3, -0.25) is 20.1 Å². The van der Waals surface area contributed by atoms with Crippen molar-refractivity contribution in [3.63, 3.8) is 0 Å².